The van der Waals surface area contributed by atoms with Crippen LogP contribution in [0.1, 0.15) is 34.7 Å². The number of phenolic OH excluding ortho intramolecular Hbond substituents is 1. The summed E-state index contributed by atoms with van der Waals surface area (Å²) in [6.45, 7) is 2.15. The lowest BCUT2D eigenvalue weighted by molar-refractivity contribution is -0.140. The Morgan fingerprint density at radius 3 is 2.43 bits per heavy atom. The third-order valence-electron chi connectivity index (χ3n) is 5.14. The molecule has 0 fully saturated rings. The Balaban J connectivity index is 2.02. The molecule has 0 aliphatic heterocycles. The van der Waals surface area contributed by atoms with Gasteiger partial charge in [-0.15, -0.1) is 0 Å². The molecule has 2 heterocycles. The molecule has 0 radical (unpaired) electrons. The van der Waals surface area contributed by atoms with E-state index in [1.165, 1.54) is 7.11 Å². The molecule has 0 unspecified atom stereocenters. The van der Waals surface area contributed by atoms with Crippen LogP contribution in [0.3, 0.4) is 0 Å². The van der Waals surface area contributed by atoms with Crippen LogP contribution in [0.15, 0.2) is 59.7 Å². The second kappa shape index (κ2) is 9.26. The average Bonchev–Trinajstić information content (AvgIpc) is 2.74. The van der Waals surface area contributed by atoms with Gasteiger partial charge in [0.15, 0.2) is 0 Å². The maximum atomic E-state index is 13.4. The summed E-state index contributed by atoms with van der Waals surface area (Å²) in [5, 5.41) is 20.1. The number of aryl methyl sites for hydroxylation is 2. The van der Waals surface area contributed by atoms with E-state index in [0.717, 1.165) is 5.56 Å². The summed E-state index contributed by atoms with van der Waals surface area (Å²) in [6, 6.07) is 11.8. The van der Waals surface area contributed by atoms with E-state index < -0.39 is 11.9 Å². The third kappa shape index (κ3) is 4.68. The Bertz CT molecular complexity index is 1080. The van der Waals surface area contributed by atoms with Gasteiger partial charge in [0.2, 0.25) is 0 Å². The number of ether oxygens (including phenoxy) is 1. The van der Waals surface area contributed by atoms with Gasteiger partial charge in [0, 0.05) is 30.6 Å². The van der Waals surface area contributed by atoms with E-state index in [2.05, 4.69) is 4.98 Å². The Labute approximate surface area is 174 Å². The summed E-state index contributed by atoms with van der Waals surface area (Å²) < 4.78 is 6.40. The van der Waals surface area contributed by atoms with Gasteiger partial charge in [0.05, 0.1) is 19.1 Å². The number of rotatable bonds is 7. The molecule has 0 aliphatic rings. The number of hydrogen-bond acceptors (Lipinski definition) is 6. The lowest BCUT2D eigenvalue weighted by Crippen LogP contribution is -2.29. The topological polar surface area (TPSA) is 102 Å². The molecule has 7 heteroatoms. The van der Waals surface area contributed by atoms with Crippen LogP contribution < -0.4 is 5.56 Å². The Kier molecular flexibility index (Phi) is 6.51. The molecule has 1 atom stereocenters. The zero-order valence-corrected chi connectivity index (χ0v) is 16.9. The van der Waals surface area contributed by atoms with E-state index in [9.17, 15) is 19.8 Å². The highest BCUT2D eigenvalue weighted by atomic mass is 16.5. The molecular weight excluding hydrogens is 384 g/mol. The fourth-order valence-corrected chi connectivity index (χ4v) is 3.51. The fraction of sp³-hybridized carbons (Fsp3) is 0.261. The van der Waals surface area contributed by atoms with Crippen molar-refractivity contribution in [2.75, 3.05) is 7.11 Å². The van der Waals surface area contributed by atoms with Gasteiger partial charge >= 0.3 is 5.97 Å². The molecule has 0 saturated carbocycles. The molecule has 0 bridgehead atoms. The molecule has 3 rings (SSSR count). The van der Waals surface area contributed by atoms with Crippen molar-refractivity contribution in [1.29, 1.82) is 0 Å². The minimum Gasteiger partial charge on any atom is -0.508 e. The number of nitrogens with zero attached hydrogens (tertiary/aromatic N) is 2. The number of benzene rings is 1. The quantitative estimate of drug-likeness (QED) is 0.583. The number of methoxy groups -OCH3 is 1. The number of aromatic nitrogens is 2. The smallest absolute Gasteiger partial charge is 0.306 e. The Morgan fingerprint density at radius 2 is 1.80 bits per heavy atom. The maximum Gasteiger partial charge on any atom is 0.306 e. The van der Waals surface area contributed by atoms with Crippen LogP contribution in [0.2, 0.25) is 0 Å². The average molecular weight is 408 g/mol. The minimum atomic E-state index is -0.659. The molecule has 3 aromatic rings. The van der Waals surface area contributed by atoms with Crippen molar-refractivity contribution in [2.24, 2.45) is 0 Å². The van der Waals surface area contributed by atoms with Crippen molar-refractivity contribution >= 4 is 5.97 Å². The molecule has 2 aromatic heterocycles. The number of pyridine rings is 2. The number of carbonyl (C=O) groups excluding carboxylic acids is 1. The molecule has 0 amide bonds. The van der Waals surface area contributed by atoms with Gasteiger partial charge in [0.1, 0.15) is 11.5 Å². The highest BCUT2D eigenvalue weighted by molar-refractivity contribution is 5.71. The first-order valence-corrected chi connectivity index (χ1v) is 9.58. The number of phenols is 1. The minimum absolute atomic E-state index is 0.0790. The lowest BCUT2D eigenvalue weighted by Gasteiger charge is -2.20. The summed E-state index contributed by atoms with van der Waals surface area (Å²) in [6.07, 6.45) is 3.65. The van der Waals surface area contributed by atoms with Crippen molar-refractivity contribution in [3.05, 3.63) is 87.6 Å². The molecular formula is C23H24N2O5. The van der Waals surface area contributed by atoms with Crippen molar-refractivity contribution in [1.82, 2.24) is 9.55 Å². The SMILES string of the molecule is COC(=O)C[C@H](c1ccncc1)c1c(O)cc(C)n(CCc2ccc(O)cc2)c1=O. The first kappa shape index (κ1) is 21.1. The van der Waals surface area contributed by atoms with E-state index >= 15 is 0 Å². The predicted molar refractivity (Wildman–Crippen MR) is 112 cm³/mol. The van der Waals surface area contributed by atoms with E-state index in [1.807, 2.05) is 0 Å². The zero-order valence-electron chi connectivity index (χ0n) is 16.9. The number of carbonyl (C=O) groups is 1. The van der Waals surface area contributed by atoms with Crippen LogP contribution in [0.4, 0.5) is 0 Å². The zero-order chi connectivity index (χ0) is 21.7. The lowest BCUT2D eigenvalue weighted by atomic mass is 9.89. The monoisotopic (exact) mass is 408 g/mol. The van der Waals surface area contributed by atoms with Gasteiger partial charge in [-0.3, -0.25) is 14.6 Å². The van der Waals surface area contributed by atoms with Gasteiger partial charge in [-0.2, -0.15) is 0 Å². The summed E-state index contributed by atoms with van der Waals surface area (Å²) in [7, 11) is 1.29. The van der Waals surface area contributed by atoms with Crippen LogP contribution in [0.25, 0.3) is 0 Å². The van der Waals surface area contributed by atoms with E-state index in [1.54, 1.807) is 66.3 Å². The van der Waals surface area contributed by atoms with Crippen molar-refractivity contribution in [3.8, 4) is 11.5 Å². The van der Waals surface area contributed by atoms with Crippen molar-refractivity contribution in [3.63, 3.8) is 0 Å². The maximum absolute atomic E-state index is 13.4. The third-order valence-corrected chi connectivity index (χ3v) is 5.14. The van der Waals surface area contributed by atoms with Crippen LogP contribution in [-0.2, 0) is 22.5 Å². The fourth-order valence-electron chi connectivity index (χ4n) is 3.51. The molecule has 30 heavy (non-hydrogen) atoms. The van der Waals surface area contributed by atoms with Crippen molar-refractivity contribution < 1.29 is 19.7 Å². The van der Waals surface area contributed by atoms with E-state index in [4.69, 9.17) is 4.74 Å². The number of hydrogen-bond donors (Lipinski definition) is 2. The summed E-state index contributed by atoms with van der Waals surface area (Å²) >= 11 is 0. The second-order valence-corrected chi connectivity index (χ2v) is 7.07. The van der Waals surface area contributed by atoms with Crippen molar-refractivity contribution in [2.45, 2.75) is 32.2 Å². The molecule has 0 spiro atoms. The molecule has 0 aliphatic carbocycles. The van der Waals surface area contributed by atoms with Crippen LogP contribution in [0.5, 0.6) is 11.5 Å². The van der Waals surface area contributed by atoms with Gasteiger partial charge in [-0.05, 0) is 54.8 Å². The van der Waals surface area contributed by atoms with Gasteiger partial charge in [-0.1, -0.05) is 12.1 Å². The molecule has 0 saturated heterocycles. The Hall–Kier alpha value is -3.61. The second-order valence-electron chi connectivity index (χ2n) is 7.07. The molecule has 7 nitrogen and oxygen atoms in total. The van der Waals surface area contributed by atoms with E-state index in [0.29, 0.717) is 24.2 Å². The Morgan fingerprint density at radius 1 is 1.13 bits per heavy atom. The first-order valence-electron chi connectivity index (χ1n) is 9.58. The largest absolute Gasteiger partial charge is 0.508 e. The highest BCUT2D eigenvalue weighted by Gasteiger charge is 2.26. The van der Waals surface area contributed by atoms with E-state index in [-0.39, 0.29) is 29.0 Å². The standard InChI is InChI=1S/C23H24N2O5/c1-15-13-20(27)22(19(14-21(28)30-2)17-7-10-24-11-8-17)23(29)25(15)12-9-16-3-5-18(26)6-4-16/h3-8,10-11,13,19,26-27H,9,12,14H2,1-2H3/t19-/m1/s1. The molecule has 156 valence electrons. The molecule has 2 N–H and O–H groups in total. The summed E-state index contributed by atoms with van der Waals surface area (Å²) in [5.74, 6) is -1.11. The molecule has 1 aromatic carbocycles. The van der Waals surface area contributed by atoms with Crippen LogP contribution in [-0.4, -0.2) is 32.8 Å². The number of esters is 1. The summed E-state index contributed by atoms with van der Waals surface area (Å²) in [5.41, 5.74) is 2.08. The summed E-state index contributed by atoms with van der Waals surface area (Å²) in [4.78, 5) is 29.4. The highest BCUT2D eigenvalue weighted by Crippen LogP contribution is 2.32. The van der Waals surface area contributed by atoms with Crippen LogP contribution in [0, 0.1) is 6.92 Å². The van der Waals surface area contributed by atoms with Gasteiger partial charge < -0.3 is 19.5 Å². The first-order chi connectivity index (χ1) is 14.4. The normalized spacial score (nSPS) is 11.8. The predicted octanol–water partition coefficient (Wildman–Crippen LogP) is 2.90. The van der Waals surface area contributed by atoms with Gasteiger partial charge in [0.25, 0.3) is 5.56 Å². The van der Waals surface area contributed by atoms with Gasteiger partial charge in [-0.25, -0.2) is 0 Å². The number of aromatic hydroxyl groups is 2. The van der Waals surface area contributed by atoms with Crippen LogP contribution >= 0.6 is 0 Å².